The minimum Gasteiger partial charge on any atom is -0.477 e. The molecule has 0 spiro atoms. The van der Waals surface area contributed by atoms with E-state index in [1.54, 1.807) is 6.07 Å². The van der Waals surface area contributed by atoms with Gasteiger partial charge in [0.2, 0.25) is 0 Å². The van der Waals surface area contributed by atoms with Gasteiger partial charge in [0.05, 0.1) is 11.2 Å². The molecule has 3 aromatic rings. The summed E-state index contributed by atoms with van der Waals surface area (Å²) < 4.78 is 1.98. The molecular formula is C21H23N3O2. The molecular weight excluding hydrogens is 326 g/mol. The Kier molecular flexibility index (Phi) is 4.45. The van der Waals surface area contributed by atoms with E-state index in [9.17, 15) is 9.90 Å². The van der Waals surface area contributed by atoms with Crippen molar-refractivity contribution >= 4 is 11.5 Å². The molecule has 0 saturated heterocycles. The summed E-state index contributed by atoms with van der Waals surface area (Å²) in [4.78, 5) is 15.6. The normalized spacial score (nSPS) is 15.4. The number of carboxylic acid groups (broad SMARTS) is 1. The number of pyridine rings is 2. The highest BCUT2D eigenvalue weighted by Gasteiger charge is 2.24. The molecule has 0 bridgehead atoms. The van der Waals surface area contributed by atoms with Crippen LogP contribution in [0, 0.1) is 6.92 Å². The van der Waals surface area contributed by atoms with Crippen LogP contribution in [0.5, 0.6) is 0 Å². The largest absolute Gasteiger partial charge is 0.477 e. The number of rotatable bonds is 4. The zero-order valence-electron chi connectivity index (χ0n) is 15.0. The van der Waals surface area contributed by atoms with Crippen LogP contribution in [0.25, 0.3) is 5.52 Å². The molecule has 4 rings (SSSR count). The molecule has 3 heterocycles. The van der Waals surface area contributed by atoms with Gasteiger partial charge in [0.15, 0.2) is 0 Å². The highest BCUT2D eigenvalue weighted by molar-refractivity contribution is 5.85. The average Bonchev–Trinajstić information content (AvgIpc) is 3.00. The van der Waals surface area contributed by atoms with Crippen molar-refractivity contribution in [2.45, 2.75) is 51.4 Å². The summed E-state index contributed by atoms with van der Waals surface area (Å²) >= 11 is 0. The lowest BCUT2D eigenvalue weighted by Crippen LogP contribution is -2.08. The van der Waals surface area contributed by atoms with Gasteiger partial charge in [0.1, 0.15) is 5.69 Å². The van der Waals surface area contributed by atoms with E-state index in [4.69, 9.17) is 5.10 Å². The number of hydrogen-bond acceptors (Lipinski definition) is 3. The number of carboxylic acids is 1. The van der Waals surface area contributed by atoms with Gasteiger partial charge in [-0.15, -0.1) is 0 Å². The molecule has 5 heteroatoms. The first kappa shape index (κ1) is 16.8. The molecule has 3 aromatic heterocycles. The predicted octanol–water partition coefficient (Wildman–Crippen LogP) is 4.37. The number of carbonyl (C=O) groups is 1. The molecule has 0 aliphatic heterocycles. The van der Waals surface area contributed by atoms with Crippen LogP contribution in [0.15, 0.2) is 36.5 Å². The van der Waals surface area contributed by atoms with E-state index in [1.807, 2.05) is 10.6 Å². The fourth-order valence-corrected chi connectivity index (χ4v) is 3.98. The van der Waals surface area contributed by atoms with Gasteiger partial charge in [-0.05, 0) is 43.5 Å². The van der Waals surface area contributed by atoms with Gasteiger partial charge in [0, 0.05) is 29.8 Å². The molecule has 5 nitrogen and oxygen atoms in total. The van der Waals surface area contributed by atoms with Gasteiger partial charge in [-0.2, -0.15) is 5.10 Å². The third kappa shape index (κ3) is 3.21. The molecule has 1 saturated carbocycles. The number of fused-ring (bicyclic) bond motifs is 1. The Labute approximate surface area is 152 Å². The Bertz CT molecular complexity index is 955. The number of aromatic carboxylic acids is 1. The summed E-state index contributed by atoms with van der Waals surface area (Å²) in [6.45, 7) is 2.07. The van der Waals surface area contributed by atoms with Crippen molar-refractivity contribution in [2.75, 3.05) is 0 Å². The van der Waals surface area contributed by atoms with Crippen LogP contribution in [-0.2, 0) is 6.42 Å². The van der Waals surface area contributed by atoms with Crippen molar-refractivity contribution in [3.63, 3.8) is 0 Å². The molecule has 1 fully saturated rings. The second kappa shape index (κ2) is 6.90. The summed E-state index contributed by atoms with van der Waals surface area (Å²) in [6.07, 6.45) is 8.84. The Morgan fingerprint density at radius 2 is 2.00 bits per heavy atom. The van der Waals surface area contributed by atoms with Crippen molar-refractivity contribution < 1.29 is 9.90 Å². The van der Waals surface area contributed by atoms with Crippen molar-refractivity contribution in [3.8, 4) is 0 Å². The number of aryl methyl sites for hydroxylation is 1. The fourth-order valence-electron chi connectivity index (χ4n) is 3.98. The standard InChI is InChI=1S/C21H23N3O2/c1-14-10-11-19-17(12-16-8-5-9-18(22-16)21(25)26)20(23-24(19)13-14)15-6-3-2-4-7-15/h5,8-11,13,15H,2-4,6-7,12H2,1H3,(H,25,26). The number of hydrogen-bond donors (Lipinski definition) is 1. The molecule has 0 unspecified atom stereocenters. The quantitative estimate of drug-likeness (QED) is 0.759. The monoisotopic (exact) mass is 349 g/mol. The molecule has 0 aromatic carbocycles. The van der Waals surface area contributed by atoms with E-state index in [0.717, 1.165) is 16.9 Å². The van der Waals surface area contributed by atoms with E-state index in [1.165, 1.54) is 49.3 Å². The van der Waals surface area contributed by atoms with E-state index in [2.05, 4.69) is 30.2 Å². The summed E-state index contributed by atoms with van der Waals surface area (Å²) in [5.41, 5.74) is 5.49. The molecule has 26 heavy (non-hydrogen) atoms. The number of aromatic nitrogens is 3. The topological polar surface area (TPSA) is 67.5 Å². The Morgan fingerprint density at radius 1 is 1.19 bits per heavy atom. The van der Waals surface area contributed by atoms with Gasteiger partial charge in [-0.3, -0.25) is 0 Å². The summed E-state index contributed by atoms with van der Waals surface area (Å²) in [6, 6.07) is 9.42. The lowest BCUT2D eigenvalue weighted by Gasteiger charge is -2.20. The van der Waals surface area contributed by atoms with Crippen LogP contribution in [0.2, 0.25) is 0 Å². The molecule has 0 amide bonds. The molecule has 1 aliphatic rings. The van der Waals surface area contributed by atoms with E-state index < -0.39 is 5.97 Å². The second-order valence-corrected chi connectivity index (χ2v) is 7.23. The summed E-state index contributed by atoms with van der Waals surface area (Å²) in [7, 11) is 0. The zero-order chi connectivity index (χ0) is 18.1. The van der Waals surface area contributed by atoms with E-state index in [0.29, 0.717) is 12.3 Å². The maximum atomic E-state index is 11.2. The molecule has 1 aliphatic carbocycles. The third-order valence-corrected chi connectivity index (χ3v) is 5.29. The minimum absolute atomic E-state index is 0.0917. The Hall–Kier alpha value is -2.69. The molecule has 1 N–H and O–H groups in total. The van der Waals surface area contributed by atoms with Crippen LogP contribution in [0.4, 0.5) is 0 Å². The second-order valence-electron chi connectivity index (χ2n) is 7.23. The van der Waals surface area contributed by atoms with Gasteiger partial charge < -0.3 is 5.11 Å². The van der Waals surface area contributed by atoms with Gasteiger partial charge in [0.25, 0.3) is 0 Å². The third-order valence-electron chi connectivity index (χ3n) is 5.29. The van der Waals surface area contributed by atoms with Crippen molar-refractivity contribution in [2.24, 2.45) is 0 Å². The highest BCUT2D eigenvalue weighted by Crippen LogP contribution is 2.35. The van der Waals surface area contributed by atoms with Crippen LogP contribution in [0.1, 0.15) is 71.0 Å². The van der Waals surface area contributed by atoms with Crippen molar-refractivity contribution in [1.82, 2.24) is 14.6 Å². The van der Waals surface area contributed by atoms with Crippen LogP contribution < -0.4 is 0 Å². The maximum Gasteiger partial charge on any atom is 0.354 e. The Balaban J connectivity index is 1.79. The average molecular weight is 349 g/mol. The maximum absolute atomic E-state index is 11.2. The SMILES string of the molecule is Cc1ccc2c(Cc3cccc(C(=O)O)n3)c(C3CCCCC3)nn2c1. The van der Waals surface area contributed by atoms with Crippen LogP contribution in [0.3, 0.4) is 0 Å². The summed E-state index contributed by atoms with van der Waals surface area (Å²) in [5.74, 6) is -0.503. The molecule has 134 valence electrons. The molecule has 0 atom stereocenters. The van der Waals surface area contributed by atoms with E-state index in [-0.39, 0.29) is 5.69 Å². The van der Waals surface area contributed by atoms with Gasteiger partial charge >= 0.3 is 5.97 Å². The van der Waals surface area contributed by atoms with Crippen molar-refractivity contribution in [1.29, 1.82) is 0 Å². The lowest BCUT2D eigenvalue weighted by molar-refractivity contribution is 0.0690. The zero-order valence-corrected chi connectivity index (χ0v) is 15.0. The first-order valence-corrected chi connectivity index (χ1v) is 9.29. The smallest absolute Gasteiger partial charge is 0.354 e. The minimum atomic E-state index is -0.991. The first-order chi connectivity index (χ1) is 12.6. The van der Waals surface area contributed by atoms with Crippen LogP contribution >= 0.6 is 0 Å². The lowest BCUT2D eigenvalue weighted by atomic mass is 9.84. The number of nitrogens with zero attached hydrogens (tertiary/aromatic N) is 3. The van der Waals surface area contributed by atoms with Gasteiger partial charge in [-0.25, -0.2) is 14.3 Å². The predicted molar refractivity (Wildman–Crippen MR) is 99.8 cm³/mol. The summed E-state index contributed by atoms with van der Waals surface area (Å²) in [5, 5.41) is 14.1. The van der Waals surface area contributed by atoms with Crippen molar-refractivity contribution in [3.05, 3.63) is 64.7 Å². The first-order valence-electron chi connectivity index (χ1n) is 9.29. The van der Waals surface area contributed by atoms with E-state index >= 15 is 0 Å². The Morgan fingerprint density at radius 3 is 2.77 bits per heavy atom. The molecule has 0 radical (unpaired) electrons. The highest BCUT2D eigenvalue weighted by atomic mass is 16.4. The van der Waals surface area contributed by atoms with Crippen LogP contribution in [-0.4, -0.2) is 25.7 Å². The fraction of sp³-hybridized carbons (Fsp3) is 0.381. The van der Waals surface area contributed by atoms with Gasteiger partial charge in [-0.1, -0.05) is 31.4 Å².